The predicted octanol–water partition coefficient (Wildman–Crippen LogP) is 8.20. The molecule has 0 saturated heterocycles. The minimum absolute atomic E-state index is 0.00346. The van der Waals surface area contributed by atoms with E-state index in [1.807, 2.05) is 60.7 Å². The molecule has 240 valence electrons. The SMILES string of the molecule is O=C(Nc1ccc(OS(=O)(=O)c2ccc(-c3ccccc3)cc2)cc1)Nc1cccc(OS(=O)(=O)c2ccc(-c3ccccc3)cc2)c1. The molecule has 0 atom stereocenters. The number of carbonyl (C=O) groups excluding carboxylic acids is 1. The summed E-state index contributed by atoms with van der Waals surface area (Å²) in [7, 11) is -8.23. The van der Waals surface area contributed by atoms with Crippen LogP contribution in [0.2, 0.25) is 0 Å². The molecular weight excluding hydrogens is 649 g/mol. The van der Waals surface area contributed by atoms with Crippen molar-refractivity contribution in [2.24, 2.45) is 0 Å². The molecule has 0 aromatic heterocycles. The topological polar surface area (TPSA) is 128 Å². The standard InChI is InChI=1S/C37H28N2O7S2/c40-37(38-31-18-20-33(21-19-31)45-47(41,42)35-22-14-29(15-23-35)27-8-3-1-4-9-27)39-32-12-7-13-34(26-32)46-48(43,44)36-24-16-30(17-25-36)28-10-5-2-6-11-28/h1-26H,(H2,38,39,40). The van der Waals surface area contributed by atoms with Gasteiger partial charge in [0.2, 0.25) is 0 Å². The summed E-state index contributed by atoms with van der Waals surface area (Å²) in [5.74, 6) is 0.0752. The monoisotopic (exact) mass is 676 g/mol. The lowest BCUT2D eigenvalue weighted by Gasteiger charge is -2.11. The summed E-state index contributed by atoms with van der Waals surface area (Å²) in [5, 5.41) is 5.25. The van der Waals surface area contributed by atoms with Gasteiger partial charge in [-0.15, -0.1) is 0 Å². The van der Waals surface area contributed by atoms with Gasteiger partial charge in [0, 0.05) is 17.4 Å². The fraction of sp³-hybridized carbons (Fsp3) is 0. The molecule has 6 rings (SSSR count). The molecule has 0 fully saturated rings. The number of hydrogen-bond acceptors (Lipinski definition) is 7. The van der Waals surface area contributed by atoms with E-state index >= 15 is 0 Å². The van der Waals surface area contributed by atoms with Crippen LogP contribution in [-0.4, -0.2) is 22.9 Å². The summed E-state index contributed by atoms with van der Waals surface area (Å²) in [6, 6.07) is 43.0. The summed E-state index contributed by atoms with van der Waals surface area (Å²) in [6.07, 6.45) is 0. The van der Waals surface area contributed by atoms with Gasteiger partial charge in [-0.25, -0.2) is 4.79 Å². The Labute approximate surface area is 278 Å². The number of anilines is 2. The molecule has 9 nitrogen and oxygen atoms in total. The predicted molar refractivity (Wildman–Crippen MR) is 185 cm³/mol. The minimum Gasteiger partial charge on any atom is -0.379 e. The molecule has 48 heavy (non-hydrogen) atoms. The Morgan fingerprint density at radius 3 is 1.35 bits per heavy atom. The maximum absolute atomic E-state index is 12.9. The van der Waals surface area contributed by atoms with Gasteiger partial charge in [0.25, 0.3) is 0 Å². The van der Waals surface area contributed by atoms with Gasteiger partial charge in [-0.3, -0.25) is 0 Å². The maximum atomic E-state index is 12.9. The molecule has 0 aliphatic heterocycles. The van der Waals surface area contributed by atoms with Gasteiger partial charge in [-0.05, 0) is 82.9 Å². The summed E-state index contributed by atoms with van der Waals surface area (Å²) in [5.41, 5.74) is 4.30. The van der Waals surface area contributed by atoms with Gasteiger partial charge >= 0.3 is 26.3 Å². The highest BCUT2D eigenvalue weighted by Crippen LogP contribution is 2.27. The van der Waals surface area contributed by atoms with Gasteiger partial charge in [-0.2, -0.15) is 16.8 Å². The number of amides is 2. The second-order valence-electron chi connectivity index (χ2n) is 10.5. The molecule has 0 spiro atoms. The molecule has 0 bridgehead atoms. The lowest BCUT2D eigenvalue weighted by molar-refractivity contribution is 0.262. The number of carbonyl (C=O) groups is 1. The number of hydrogen-bond donors (Lipinski definition) is 2. The molecule has 2 amide bonds. The second kappa shape index (κ2) is 13.8. The lowest BCUT2D eigenvalue weighted by atomic mass is 10.1. The van der Waals surface area contributed by atoms with Crippen molar-refractivity contribution in [3.05, 3.63) is 158 Å². The van der Waals surface area contributed by atoms with E-state index in [9.17, 15) is 21.6 Å². The van der Waals surface area contributed by atoms with Crippen LogP contribution >= 0.6 is 0 Å². The van der Waals surface area contributed by atoms with E-state index in [1.54, 1.807) is 36.4 Å². The van der Waals surface area contributed by atoms with Gasteiger partial charge < -0.3 is 19.0 Å². The van der Waals surface area contributed by atoms with E-state index < -0.39 is 26.3 Å². The van der Waals surface area contributed by atoms with E-state index in [1.165, 1.54) is 60.7 Å². The number of urea groups is 1. The zero-order chi connectivity index (χ0) is 33.6. The van der Waals surface area contributed by atoms with Crippen molar-refractivity contribution in [2.45, 2.75) is 9.79 Å². The fourth-order valence-electron chi connectivity index (χ4n) is 4.75. The molecule has 0 saturated carbocycles. The smallest absolute Gasteiger partial charge is 0.339 e. The van der Waals surface area contributed by atoms with Crippen molar-refractivity contribution in [3.63, 3.8) is 0 Å². The Bertz CT molecular complexity index is 2240. The van der Waals surface area contributed by atoms with Crippen LogP contribution < -0.4 is 19.0 Å². The normalized spacial score (nSPS) is 11.3. The third-order valence-electron chi connectivity index (χ3n) is 7.12. The highest BCUT2D eigenvalue weighted by Gasteiger charge is 2.19. The highest BCUT2D eigenvalue weighted by molar-refractivity contribution is 7.87. The number of nitrogens with one attached hydrogen (secondary N) is 2. The fourth-order valence-corrected chi connectivity index (χ4v) is 6.60. The number of rotatable bonds is 10. The maximum Gasteiger partial charge on any atom is 0.339 e. The molecule has 0 radical (unpaired) electrons. The van der Waals surface area contributed by atoms with Crippen LogP contribution in [0.5, 0.6) is 11.5 Å². The van der Waals surface area contributed by atoms with Gasteiger partial charge in [0.05, 0.1) is 0 Å². The average Bonchev–Trinajstić information content (AvgIpc) is 3.10. The third-order valence-corrected chi connectivity index (χ3v) is 9.64. The summed E-state index contributed by atoms with van der Waals surface area (Å²) >= 11 is 0. The Hall–Kier alpha value is -5.91. The van der Waals surface area contributed by atoms with Gasteiger partial charge in [0.15, 0.2) is 0 Å². The van der Waals surface area contributed by atoms with Crippen LogP contribution in [0.15, 0.2) is 168 Å². The lowest BCUT2D eigenvalue weighted by Crippen LogP contribution is -2.19. The molecule has 0 heterocycles. The third kappa shape index (κ3) is 7.89. The summed E-state index contributed by atoms with van der Waals surface area (Å²) in [6.45, 7) is 0. The first kappa shape index (κ1) is 32.0. The molecule has 6 aromatic rings. The van der Waals surface area contributed by atoms with Crippen molar-refractivity contribution in [3.8, 4) is 33.8 Å². The van der Waals surface area contributed by atoms with Crippen molar-refractivity contribution in [1.82, 2.24) is 0 Å². The van der Waals surface area contributed by atoms with Crippen LogP contribution in [0.3, 0.4) is 0 Å². The highest BCUT2D eigenvalue weighted by atomic mass is 32.2. The first-order chi connectivity index (χ1) is 23.1. The first-order valence-electron chi connectivity index (χ1n) is 14.6. The number of benzene rings is 6. The zero-order valence-electron chi connectivity index (χ0n) is 25.2. The quantitative estimate of drug-likeness (QED) is 0.140. The first-order valence-corrected chi connectivity index (χ1v) is 17.4. The van der Waals surface area contributed by atoms with E-state index in [0.717, 1.165) is 22.3 Å². The Balaban J connectivity index is 1.04. The van der Waals surface area contributed by atoms with Crippen molar-refractivity contribution < 1.29 is 30.0 Å². The molecule has 2 N–H and O–H groups in total. The van der Waals surface area contributed by atoms with Crippen LogP contribution in [-0.2, 0) is 20.2 Å². The second-order valence-corrected chi connectivity index (χ2v) is 13.6. The van der Waals surface area contributed by atoms with E-state index in [0.29, 0.717) is 5.69 Å². The zero-order valence-corrected chi connectivity index (χ0v) is 26.8. The Kier molecular flexibility index (Phi) is 9.24. The molecule has 11 heteroatoms. The van der Waals surface area contributed by atoms with E-state index in [-0.39, 0.29) is 27.0 Å². The summed E-state index contributed by atoms with van der Waals surface area (Å²) < 4.78 is 62.1. The van der Waals surface area contributed by atoms with Crippen LogP contribution in [0.25, 0.3) is 22.3 Å². The van der Waals surface area contributed by atoms with Crippen molar-refractivity contribution in [1.29, 1.82) is 0 Å². The molecule has 0 aliphatic rings. The van der Waals surface area contributed by atoms with Crippen LogP contribution in [0, 0.1) is 0 Å². The molecule has 6 aromatic carbocycles. The molecule has 0 aliphatic carbocycles. The minimum atomic E-state index is -4.14. The molecule has 0 unspecified atom stereocenters. The van der Waals surface area contributed by atoms with Gasteiger partial charge in [0.1, 0.15) is 21.3 Å². The van der Waals surface area contributed by atoms with Gasteiger partial charge in [-0.1, -0.05) is 91.0 Å². The largest absolute Gasteiger partial charge is 0.379 e. The van der Waals surface area contributed by atoms with E-state index in [4.69, 9.17) is 8.37 Å². The molecular formula is C37H28N2O7S2. The Morgan fingerprint density at radius 2 is 0.854 bits per heavy atom. The summed E-state index contributed by atoms with van der Waals surface area (Å²) in [4.78, 5) is 12.7. The van der Waals surface area contributed by atoms with Crippen LogP contribution in [0.4, 0.5) is 16.2 Å². The van der Waals surface area contributed by atoms with Crippen LogP contribution in [0.1, 0.15) is 0 Å². The average molecular weight is 677 g/mol. The van der Waals surface area contributed by atoms with Crippen molar-refractivity contribution in [2.75, 3.05) is 10.6 Å². The van der Waals surface area contributed by atoms with Crippen molar-refractivity contribution >= 4 is 37.6 Å². The van der Waals surface area contributed by atoms with E-state index in [2.05, 4.69) is 10.6 Å². The Morgan fingerprint density at radius 1 is 0.417 bits per heavy atom.